The van der Waals surface area contributed by atoms with E-state index in [2.05, 4.69) is 20.2 Å². The minimum atomic E-state index is 0.112. The van der Waals surface area contributed by atoms with Crippen LogP contribution in [0, 0.1) is 20.8 Å². The predicted molar refractivity (Wildman–Crippen MR) is 89.7 cm³/mol. The van der Waals surface area contributed by atoms with Gasteiger partial charge in [0.15, 0.2) is 5.69 Å². The maximum absolute atomic E-state index is 10.5. The van der Waals surface area contributed by atoms with Crippen molar-refractivity contribution in [1.82, 2.24) is 14.5 Å². The molecule has 1 aromatic carbocycles. The third-order valence-corrected chi connectivity index (χ3v) is 3.69. The van der Waals surface area contributed by atoms with Gasteiger partial charge in [0.05, 0.1) is 5.52 Å². The Bertz CT molecular complexity index is 891. The number of fused-ring (bicyclic) bond motifs is 1. The normalized spacial score (nSPS) is 11.7. The Morgan fingerprint density at radius 3 is 2.39 bits per heavy atom. The molecule has 118 valence electrons. The fraction of sp³-hybridized carbons (Fsp3) is 0.294. The summed E-state index contributed by atoms with van der Waals surface area (Å²) in [5.74, 6) is 0.410. The van der Waals surface area contributed by atoms with Crippen molar-refractivity contribution in [2.75, 3.05) is 0 Å². The number of nitrogens with zero attached hydrogens (tertiary/aromatic N) is 5. The number of azo groups is 1. The Hall–Kier alpha value is -2.76. The van der Waals surface area contributed by atoms with Crippen molar-refractivity contribution in [1.29, 1.82) is 0 Å². The molecule has 0 radical (unpaired) electrons. The lowest BCUT2D eigenvalue weighted by Crippen LogP contribution is -1.91. The standard InChI is InChI=1S/C17H19N5O/c1-5-22-14-7-6-10(2)8-13(14)15(16(22)23)20-21-17-18-11(3)9-12(4)19-17/h6-9,23H,5H2,1-4H3. The van der Waals surface area contributed by atoms with E-state index < -0.39 is 0 Å². The number of aromatic nitrogens is 3. The van der Waals surface area contributed by atoms with E-state index in [0.29, 0.717) is 18.2 Å². The minimum absolute atomic E-state index is 0.112. The lowest BCUT2D eigenvalue weighted by molar-refractivity contribution is 0.427. The predicted octanol–water partition coefficient (Wildman–Crippen LogP) is 4.50. The third kappa shape index (κ3) is 2.79. The van der Waals surface area contributed by atoms with Gasteiger partial charge in [0, 0.05) is 23.3 Å². The zero-order valence-electron chi connectivity index (χ0n) is 13.7. The van der Waals surface area contributed by atoms with Crippen molar-refractivity contribution in [2.24, 2.45) is 10.2 Å². The Kier molecular flexibility index (Phi) is 3.82. The maximum Gasteiger partial charge on any atom is 0.269 e. The van der Waals surface area contributed by atoms with E-state index in [1.165, 1.54) is 0 Å². The topological polar surface area (TPSA) is 75.7 Å². The molecule has 23 heavy (non-hydrogen) atoms. The lowest BCUT2D eigenvalue weighted by atomic mass is 10.1. The summed E-state index contributed by atoms with van der Waals surface area (Å²) in [6.45, 7) is 8.41. The van der Waals surface area contributed by atoms with E-state index in [-0.39, 0.29) is 5.88 Å². The number of hydrogen-bond acceptors (Lipinski definition) is 5. The summed E-state index contributed by atoms with van der Waals surface area (Å²) in [6.07, 6.45) is 0. The summed E-state index contributed by atoms with van der Waals surface area (Å²) < 4.78 is 1.81. The quantitative estimate of drug-likeness (QED) is 0.724. The zero-order valence-corrected chi connectivity index (χ0v) is 13.7. The first-order valence-corrected chi connectivity index (χ1v) is 7.55. The largest absolute Gasteiger partial charge is 0.493 e. The van der Waals surface area contributed by atoms with Gasteiger partial charge < -0.3 is 9.67 Å². The molecule has 0 amide bonds. The van der Waals surface area contributed by atoms with Crippen LogP contribution in [0.25, 0.3) is 10.9 Å². The molecule has 2 aromatic heterocycles. The SMILES string of the molecule is CCn1c(O)c(N=Nc2nc(C)cc(C)n2)c2cc(C)ccc21. The highest BCUT2D eigenvalue weighted by Crippen LogP contribution is 2.39. The molecule has 0 atom stereocenters. The highest BCUT2D eigenvalue weighted by molar-refractivity contribution is 5.95. The summed E-state index contributed by atoms with van der Waals surface area (Å²) in [5.41, 5.74) is 4.16. The number of aromatic hydroxyl groups is 1. The second kappa shape index (κ2) is 5.79. The van der Waals surface area contributed by atoms with Crippen molar-refractivity contribution < 1.29 is 5.11 Å². The summed E-state index contributed by atoms with van der Waals surface area (Å²) in [7, 11) is 0. The van der Waals surface area contributed by atoms with Crippen LogP contribution in [0.15, 0.2) is 34.5 Å². The number of benzene rings is 1. The van der Waals surface area contributed by atoms with Crippen LogP contribution in [-0.2, 0) is 6.54 Å². The van der Waals surface area contributed by atoms with Crippen molar-refractivity contribution in [3.05, 3.63) is 41.2 Å². The van der Waals surface area contributed by atoms with Crippen LogP contribution < -0.4 is 0 Å². The Labute approximate surface area is 134 Å². The molecule has 0 saturated heterocycles. The second-order valence-corrected chi connectivity index (χ2v) is 5.59. The van der Waals surface area contributed by atoms with E-state index >= 15 is 0 Å². The molecule has 3 aromatic rings. The molecule has 0 unspecified atom stereocenters. The van der Waals surface area contributed by atoms with Gasteiger partial charge in [0.1, 0.15) is 0 Å². The number of hydrogen-bond donors (Lipinski definition) is 1. The van der Waals surface area contributed by atoms with Gasteiger partial charge in [-0.25, -0.2) is 9.97 Å². The van der Waals surface area contributed by atoms with E-state index in [1.807, 2.05) is 56.5 Å². The molecule has 1 N–H and O–H groups in total. The van der Waals surface area contributed by atoms with Gasteiger partial charge in [-0.1, -0.05) is 11.6 Å². The van der Waals surface area contributed by atoms with Crippen molar-refractivity contribution in [3.63, 3.8) is 0 Å². The highest BCUT2D eigenvalue weighted by atomic mass is 16.3. The van der Waals surface area contributed by atoms with Gasteiger partial charge in [0.2, 0.25) is 5.88 Å². The van der Waals surface area contributed by atoms with Crippen LogP contribution in [0.2, 0.25) is 0 Å². The molecule has 0 aliphatic heterocycles. The first kappa shape index (κ1) is 15.1. The average Bonchev–Trinajstić information content (AvgIpc) is 2.74. The molecule has 6 nitrogen and oxygen atoms in total. The highest BCUT2D eigenvalue weighted by Gasteiger charge is 2.15. The van der Waals surface area contributed by atoms with Gasteiger partial charge >= 0.3 is 0 Å². The molecule has 6 heteroatoms. The molecule has 0 fully saturated rings. The Balaban J connectivity index is 2.14. The van der Waals surface area contributed by atoms with Crippen LogP contribution in [0.4, 0.5) is 11.6 Å². The van der Waals surface area contributed by atoms with Gasteiger partial charge in [0.25, 0.3) is 5.95 Å². The molecule has 0 saturated carbocycles. The van der Waals surface area contributed by atoms with Crippen LogP contribution in [0.1, 0.15) is 23.9 Å². The fourth-order valence-electron chi connectivity index (χ4n) is 2.70. The molecular weight excluding hydrogens is 290 g/mol. The van der Waals surface area contributed by atoms with Gasteiger partial charge in [-0.2, -0.15) is 0 Å². The van der Waals surface area contributed by atoms with Crippen LogP contribution >= 0.6 is 0 Å². The number of rotatable bonds is 3. The smallest absolute Gasteiger partial charge is 0.269 e. The van der Waals surface area contributed by atoms with E-state index in [4.69, 9.17) is 0 Å². The molecule has 0 aliphatic carbocycles. The monoisotopic (exact) mass is 309 g/mol. The van der Waals surface area contributed by atoms with Crippen molar-refractivity contribution in [3.8, 4) is 5.88 Å². The number of aryl methyl sites for hydroxylation is 4. The maximum atomic E-state index is 10.5. The molecule has 0 bridgehead atoms. The van der Waals surface area contributed by atoms with Gasteiger partial charge in [-0.05, 0) is 45.9 Å². The average molecular weight is 309 g/mol. The molecule has 0 spiro atoms. The molecular formula is C17H19N5O. The third-order valence-electron chi connectivity index (χ3n) is 3.69. The van der Waals surface area contributed by atoms with Crippen LogP contribution in [-0.4, -0.2) is 19.6 Å². The summed E-state index contributed by atoms with van der Waals surface area (Å²) in [4.78, 5) is 8.49. The second-order valence-electron chi connectivity index (χ2n) is 5.59. The van der Waals surface area contributed by atoms with Crippen LogP contribution in [0.3, 0.4) is 0 Å². The zero-order chi connectivity index (χ0) is 16.6. The summed E-state index contributed by atoms with van der Waals surface area (Å²) in [5, 5.41) is 19.7. The lowest BCUT2D eigenvalue weighted by Gasteiger charge is -2.01. The van der Waals surface area contributed by atoms with Crippen molar-refractivity contribution >= 4 is 22.5 Å². The fourth-order valence-corrected chi connectivity index (χ4v) is 2.70. The van der Waals surface area contributed by atoms with E-state index in [1.54, 1.807) is 0 Å². The first-order valence-electron chi connectivity index (χ1n) is 7.55. The molecule has 2 heterocycles. The van der Waals surface area contributed by atoms with E-state index in [0.717, 1.165) is 27.9 Å². The van der Waals surface area contributed by atoms with Crippen molar-refractivity contribution in [2.45, 2.75) is 34.2 Å². The first-order chi connectivity index (χ1) is 11.0. The minimum Gasteiger partial charge on any atom is -0.493 e. The van der Waals surface area contributed by atoms with Crippen LogP contribution in [0.5, 0.6) is 5.88 Å². The van der Waals surface area contributed by atoms with Gasteiger partial charge in [-0.15, -0.1) is 10.2 Å². The summed E-state index contributed by atoms with van der Waals surface area (Å²) >= 11 is 0. The molecule has 0 aliphatic rings. The van der Waals surface area contributed by atoms with Gasteiger partial charge in [-0.3, -0.25) is 0 Å². The van der Waals surface area contributed by atoms with E-state index in [9.17, 15) is 5.11 Å². The Morgan fingerprint density at radius 1 is 1.04 bits per heavy atom. The summed E-state index contributed by atoms with van der Waals surface area (Å²) in [6, 6.07) is 7.88. The Morgan fingerprint density at radius 2 is 1.74 bits per heavy atom. The molecule has 3 rings (SSSR count).